The van der Waals surface area contributed by atoms with Gasteiger partial charge in [-0.1, -0.05) is 18.2 Å². The maximum absolute atomic E-state index is 14.0. The minimum atomic E-state index is -3.93. The summed E-state index contributed by atoms with van der Waals surface area (Å²) in [4.78, 5) is 43.7. The maximum atomic E-state index is 14.0. The molecule has 1 saturated heterocycles. The lowest BCUT2D eigenvalue weighted by Gasteiger charge is -2.42. The number of anilines is 2. The number of piperazine rings is 1. The van der Waals surface area contributed by atoms with Gasteiger partial charge in [0.25, 0.3) is 11.5 Å². The van der Waals surface area contributed by atoms with Gasteiger partial charge in [0, 0.05) is 37.8 Å². The standard InChI is InChI=1S/C25H28FN5O6S/c1-4-29-13-15(2)31-20-19(22(32)21(31)25(29)34)24(33)30-14-16-8-9-17(26)12-18(16)37-10-6-5-7-11-38(35,36)28(3)23(20)27-30/h5-6,8-9,12,15,21H,4,7,10-11,13-14H2,1-3H3/b6-5-/t15-,21?/m0/s1. The third kappa shape index (κ3) is 4.14. The van der Waals surface area contributed by atoms with E-state index in [-0.39, 0.29) is 54.2 Å². The van der Waals surface area contributed by atoms with Crippen LogP contribution in [0.2, 0.25) is 0 Å². The molecule has 2 aromatic rings. The molecule has 38 heavy (non-hydrogen) atoms. The Hall–Kier alpha value is -3.74. The van der Waals surface area contributed by atoms with E-state index in [1.807, 2.05) is 6.92 Å². The van der Waals surface area contributed by atoms with E-state index in [0.717, 1.165) is 8.99 Å². The van der Waals surface area contributed by atoms with E-state index in [2.05, 4.69) is 5.10 Å². The largest absolute Gasteiger partial charge is 0.489 e. The lowest BCUT2D eigenvalue weighted by molar-refractivity contribution is -0.133. The number of fused-ring (bicyclic) bond motifs is 7. The number of amides is 1. The Morgan fingerprint density at radius 2 is 1.95 bits per heavy atom. The summed E-state index contributed by atoms with van der Waals surface area (Å²) in [7, 11) is -2.61. The van der Waals surface area contributed by atoms with E-state index in [1.54, 1.807) is 24.0 Å². The summed E-state index contributed by atoms with van der Waals surface area (Å²) in [6.07, 6.45) is 3.46. The molecule has 0 N–H and O–H groups in total. The topological polar surface area (TPSA) is 122 Å². The van der Waals surface area contributed by atoms with Crippen LogP contribution in [0.5, 0.6) is 5.75 Å². The predicted octanol–water partition coefficient (Wildman–Crippen LogP) is 1.16. The van der Waals surface area contributed by atoms with Crippen LogP contribution in [0.3, 0.4) is 0 Å². The number of hydrogen-bond donors (Lipinski definition) is 0. The van der Waals surface area contributed by atoms with Crippen LogP contribution >= 0.6 is 0 Å². The summed E-state index contributed by atoms with van der Waals surface area (Å²) in [5, 5.41) is 4.42. The number of ether oxygens (including phenoxy) is 1. The van der Waals surface area contributed by atoms with E-state index in [9.17, 15) is 27.2 Å². The molecule has 3 aliphatic rings. The summed E-state index contributed by atoms with van der Waals surface area (Å²) in [6, 6.07) is 2.19. The number of aromatic nitrogens is 2. The number of carbonyl (C=O) groups excluding carboxylic acids is 2. The number of Topliss-reactive ketones (excluding diaryl/α,β-unsaturated/α-hetero) is 1. The number of halogens is 1. The van der Waals surface area contributed by atoms with Crippen molar-refractivity contribution in [2.75, 3.05) is 41.7 Å². The zero-order valence-electron chi connectivity index (χ0n) is 21.3. The molecule has 0 radical (unpaired) electrons. The van der Waals surface area contributed by atoms with Crippen LogP contribution in [0.4, 0.5) is 15.9 Å². The molecule has 0 saturated carbocycles. The van der Waals surface area contributed by atoms with E-state index >= 15 is 0 Å². The number of rotatable bonds is 1. The van der Waals surface area contributed by atoms with Gasteiger partial charge in [-0.2, -0.15) is 0 Å². The fraction of sp³-hybridized carbons (Fsp3) is 0.440. The van der Waals surface area contributed by atoms with E-state index in [1.165, 1.54) is 30.1 Å². The van der Waals surface area contributed by atoms with Gasteiger partial charge in [0.2, 0.25) is 15.8 Å². The Labute approximate surface area is 219 Å². The number of carbonyl (C=O) groups is 2. The Balaban J connectivity index is 1.76. The Kier molecular flexibility index (Phi) is 6.49. The summed E-state index contributed by atoms with van der Waals surface area (Å²) in [5.41, 5.74) is -0.592. The zero-order valence-corrected chi connectivity index (χ0v) is 22.1. The molecule has 13 heteroatoms. The molecule has 3 aliphatic heterocycles. The van der Waals surface area contributed by atoms with Crippen molar-refractivity contribution in [2.24, 2.45) is 0 Å². The van der Waals surface area contributed by atoms with E-state index in [0.29, 0.717) is 18.7 Å². The van der Waals surface area contributed by atoms with Crippen LogP contribution in [-0.4, -0.2) is 79.4 Å². The lowest BCUT2D eigenvalue weighted by atomic mass is 10.0. The molecule has 1 aromatic carbocycles. The zero-order chi connectivity index (χ0) is 27.4. The lowest BCUT2D eigenvalue weighted by Crippen LogP contribution is -2.61. The molecule has 1 unspecified atom stereocenters. The van der Waals surface area contributed by atoms with Crippen molar-refractivity contribution >= 4 is 33.2 Å². The normalized spacial score (nSPS) is 23.7. The van der Waals surface area contributed by atoms with Crippen molar-refractivity contribution in [3.63, 3.8) is 0 Å². The first-order valence-corrected chi connectivity index (χ1v) is 13.9. The molecule has 1 fully saturated rings. The van der Waals surface area contributed by atoms with Crippen molar-refractivity contribution in [1.29, 1.82) is 0 Å². The van der Waals surface area contributed by atoms with Gasteiger partial charge in [-0.05, 0) is 26.3 Å². The molecule has 1 amide bonds. The van der Waals surface area contributed by atoms with Gasteiger partial charge >= 0.3 is 0 Å². The molecule has 2 bridgehead atoms. The van der Waals surface area contributed by atoms with Gasteiger partial charge in [0.05, 0.1) is 12.3 Å². The van der Waals surface area contributed by atoms with Crippen molar-refractivity contribution in [3.05, 3.63) is 57.6 Å². The molecular formula is C25H28FN5O6S. The number of ketones is 1. The highest BCUT2D eigenvalue weighted by Gasteiger charge is 2.53. The first kappa shape index (κ1) is 25.9. The van der Waals surface area contributed by atoms with E-state index in [4.69, 9.17) is 4.74 Å². The fourth-order valence-corrected chi connectivity index (χ4v) is 6.25. The highest BCUT2D eigenvalue weighted by atomic mass is 32.2. The molecular weight excluding hydrogens is 517 g/mol. The van der Waals surface area contributed by atoms with Gasteiger partial charge in [-0.15, -0.1) is 5.10 Å². The number of hydrogen-bond acceptors (Lipinski definition) is 8. The average molecular weight is 546 g/mol. The molecule has 11 nitrogen and oxygen atoms in total. The van der Waals surface area contributed by atoms with Gasteiger partial charge in [0.1, 0.15) is 29.4 Å². The predicted molar refractivity (Wildman–Crippen MR) is 138 cm³/mol. The Morgan fingerprint density at radius 1 is 1.18 bits per heavy atom. The molecule has 0 aliphatic carbocycles. The number of likely N-dealkylation sites (N-methyl/N-ethyl adjacent to an activating group) is 1. The van der Waals surface area contributed by atoms with Gasteiger partial charge in [-0.25, -0.2) is 17.5 Å². The van der Waals surface area contributed by atoms with Crippen LogP contribution in [0.25, 0.3) is 0 Å². The van der Waals surface area contributed by atoms with Gasteiger partial charge in [0.15, 0.2) is 11.9 Å². The van der Waals surface area contributed by atoms with E-state index < -0.39 is 39.1 Å². The summed E-state index contributed by atoms with van der Waals surface area (Å²) in [6.45, 7) is 4.16. The molecule has 0 spiro atoms. The fourth-order valence-electron chi connectivity index (χ4n) is 5.15. The van der Waals surface area contributed by atoms with Gasteiger partial charge < -0.3 is 14.5 Å². The van der Waals surface area contributed by atoms with Gasteiger partial charge in [-0.3, -0.25) is 18.7 Å². The Morgan fingerprint density at radius 3 is 2.68 bits per heavy atom. The minimum Gasteiger partial charge on any atom is -0.489 e. The molecule has 2 atom stereocenters. The SMILES string of the molecule is CCN1C[C@H](C)N2c3c4nn(c(=O)c3C(=O)C2C1=O)Cc1ccc(F)cc1OC/C=C\CCS(=O)(=O)N4C. The molecule has 4 heterocycles. The number of benzene rings is 1. The minimum absolute atomic E-state index is 0.0437. The van der Waals surface area contributed by atoms with Crippen LogP contribution < -0.4 is 19.5 Å². The van der Waals surface area contributed by atoms with Crippen LogP contribution in [0.1, 0.15) is 36.2 Å². The van der Waals surface area contributed by atoms with Crippen molar-refractivity contribution in [3.8, 4) is 5.75 Å². The molecule has 5 rings (SSSR count). The van der Waals surface area contributed by atoms with Crippen LogP contribution in [0.15, 0.2) is 35.1 Å². The van der Waals surface area contributed by atoms with Crippen molar-refractivity contribution in [1.82, 2.24) is 14.7 Å². The number of sulfonamides is 1. The van der Waals surface area contributed by atoms with Crippen LogP contribution in [-0.2, 0) is 21.4 Å². The summed E-state index contributed by atoms with van der Waals surface area (Å²) >= 11 is 0. The highest BCUT2D eigenvalue weighted by Crippen LogP contribution is 2.41. The third-order valence-corrected chi connectivity index (χ3v) is 8.90. The average Bonchev–Trinajstić information content (AvgIpc) is 3.19. The number of nitrogens with zero attached hydrogens (tertiary/aromatic N) is 5. The first-order chi connectivity index (χ1) is 18.0. The monoisotopic (exact) mass is 545 g/mol. The second-order valence-corrected chi connectivity index (χ2v) is 11.6. The molecule has 202 valence electrons. The Bertz CT molecular complexity index is 1520. The van der Waals surface area contributed by atoms with Crippen molar-refractivity contribution in [2.45, 2.75) is 38.9 Å². The smallest absolute Gasteiger partial charge is 0.280 e. The van der Waals surface area contributed by atoms with Crippen LogP contribution in [0, 0.1) is 5.82 Å². The van der Waals surface area contributed by atoms with Crippen molar-refractivity contribution < 1.29 is 27.1 Å². The second kappa shape index (κ2) is 9.53. The first-order valence-electron chi connectivity index (χ1n) is 12.3. The second-order valence-electron chi connectivity index (χ2n) is 9.52. The molecule has 1 aromatic heterocycles. The third-order valence-electron chi connectivity index (χ3n) is 7.14. The maximum Gasteiger partial charge on any atom is 0.280 e. The quantitative estimate of drug-likeness (QED) is 0.387. The highest BCUT2D eigenvalue weighted by molar-refractivity contribution is 7.92. The summed E-state index contributed by atoms with van der Waals surface area (Å²) < 4.78 is 48.2. The number of allylic oxidation sites excluding steroid dienone is 1. The summed E-state index contributed by atoms with van der Waals surface area (Å²) in [5.74, 6) is -1.87.